The van der Waals surface area contributed by atoms with Gasteiger partial charge in [-0.2, -0.15) is 11.8 Å². The van der Waals surface area contributed by atoms with E-state index >= 15 is 0 Å². The molecule has 2 fully saturated rings. The quantitative estimate of drug-likeness (QED) is 0.820. The van der Waals surface area contributed by atoms with Crippen molar-refractivity contribution in [2.24, 2.45) is 5.92 Å². The molecule has 0 aromatic heterocycles. The number of thioether (sulfide) groups is 1. The summed E-state index contributed by atoms with van der Waals surface area (Å²) in [5.41, 5.74) is 0. The molecule has 2 aliphatic heterocycles. The van der Waals surface area contributed by atoms with E-state index in [0.29, 0.717) is 6.04 Å². The van der Waals surface area contributed by atoms with Crippen LogP contribution in [0.4, 0.5) is 0 Å². The van der Waals surface area contributed by atoms with E-state index in [4.69, 9.17) is 4.74 Å². The molecule has 2 N–H and O–H groups in total. The zero-order chi connectivity index (χ0) is 13.7. The molecular weight excluding hydrogens is 260 g/mol. The minimum Gasteiger partial charge on any atom is -0.381 e. The summed E-state index contributed by atoms with van der Waals surface area (Å²) in [7, 11) is 0. The average molecular weight is 286 g/mol. The predicted molar refractivity (Wildman–Crippen MR) is 79.5 cm³/mol. The summed E-state index contributed by atoms with van der Waals surface area (Å²) in [6.45, 7) is 5.54. The van der Waals surface area contributed by atoms with E-state index in [2.05, 4.69) is 23.8 Å². The maximum absolute atomic E-state index is 12.3. The Hall–Kier alpha value is -0.260. The average Bonchev–Trinajstić information content (AvgIpc) is 2.46. The van der Waals surface area contributed by atoms with Gasteiger partial charge in [0, 0.05) is 36.5 Å². The number of carbonyl (C=O) groups is 1. The largest absolute Gasteiger partial charge is 0.381 e. The normalized spacial score (nSPS) is 30.8. The fourth-order valence-electron chi connectivity index (χ4n) is 2.96. The molecule has 2 atom stereocenters. The molecule has 0 spiro atoms. The Morgan fingerprint density at radius 3 is 2.84 bits per heavy atom. The molecule has 19 heavy (non-hydrogen) atoms. The Morgan fingerprint density at radius 2 is 2.21 bits per heavy atom. The third-order valence-electron chi connectivity index (χ3n) is 4.42. The monoisotopic (exact) mass is 286 g/mol. The smallest absolute Gasteiger partial charge is 0.223 e. The summed E-state index contributed by atoms with van der Waals surface area (Å²) in [5.74, 6) is 0.434. The Labute approximate surface area is 120 Å². The van der Waals surface area contributed by atoms with Gasteiger partial charge >= 0.3 is 0 Å². The van der Waals surface area contributed by atoms with E-state index in [0.717, 1.165) is 52.0 Å². The van der Waals surface area contributed by atoms with Gasteiger partial charge in [-0.05, 0) is 45.4 Å². The first-order valence-electron chi connectivity index (χ1n) is 7.29. The third-order valence-corrected chi connectivity index (χ3v) is 5.83. The molecule has 2 aliphatic rings. The Kier molecular flexibility index (Phi) is 5.54. The highest BCUT2D eigenvalue weighted by Crippen LogP contribution is 2.33. The molecule has 2 heterocycles. The highest BCUT2D eigenvalue weighted by molar-refractivity contribution is 8.00. The number of hydrogen-bond acceptors (Lipinski definition) is 4. The molecular formula is C14H26N2O2S. The highest BCUT2D eigenvalue weighted by atomic mass is 32.2. The van der Waals surface area contributed by atoms with E-state index in [1.807, 2.05) is 11.8 Å². The van der Waals surface area contributed by atoms with Crippen molar-refractivity contribution in [1.82, 2.24) is 10.6 Å². The summed E-state index contributed by atoms with van der Waals surface area (Å²) in [6.07, 6.45) is 6.14. The summed E-state index contributed by atoms with van der Waals surface area (Å²) >= 11 is 1.88. The molecule has 0 radical (unpaired) electrons. The van der Waals surface area contributed by atoms with Crippen molar-refractivity contribution in [1.29, 1.82) is 0 Å². The van der Waals surface area contributed by atoms with E-state index in [1.165, 1.54) is 0 Å². The molecule has 0 aromatic rings. The molecule has 0 aliphatic carbocycles. The standard InChI is InChI=1S/C14H26N2O2S/c1-11-9-12(3-6-15-11)13(17)16-10-14(19-2)4-7-18-8-5-14/h11-12,15H,3-10H2,1-2H3,(H,16,17)/t11-,12-/m0/s1. The highest BCUT2D eigenvalue weighted by Gasteiger charge is 2.33. The van der Waals surface area contributed by atoms with Crippen molar-refractivity contribution < 1.29 is 9.53 Å². The fourth-order valence-corrected chi connectivity index (χ4v) is 3.75. The predicted octanol–water partition coefficient (Wildman–Crippen LogP) is 1.40. The third kappa shape index (κ3) is 4.10. The van der Waals surface area contributed by atoms with Crippen LogP contribution in [0.3, 0.4) is 0 Å². The van der Waals surface area contributed by atoms with Crippen LogP contribution in [0.2, 0.25) is 0 Å². The Balaban J connectivity index is 1.81. The number of amides is 1. The van der Waals surface area contributed by atoms with Gasteiger partial charge in [0.05, 0.1) is 0 Å². The van der Waals surface area contributed by atoms with E-state index in [9.17, 15) is 4.79 Å². The molecule has 0 saturated carbocycles. The van der Waals surface area contributed by atoms with E-state index in [1.54, 1.807) is 0 Å². The van der Waals surface area contributed by atoms with E-state index in [-0.39, 0.29) is 16.6 Å². The Bertz CT molecular complexity index is 306. The number of piperidine rings is 1. The molecule has 110 valence electrons. The molecule has 0 unspecified atom stereocenters. The van der Waals surface area contributed by atoms with Crippen LogP contribution in [0, 0.1) is 5.92 Å². The zero-order valence-corrected chi connectivity index (χ0v) is 12.9. The van der Waals surface area contributed by atoms with Gasteiger partial charge < -0.3 is 15.4 Å². The van der Waals surface area contributed by atoms with Crippen molar-refractivity contribution in [3.63, 3.8) is 0 Å². The second-order valence-electron chi connectivity index (χ2n) is 5.79. The Morgan fingerprint density at radius 1 is 1.47 bits per heavy atom. The van der Waals surface area contributed by atoms with Crippen LogP contribution in [0.1, 0.15) is 32.6 Å². The SMILES string of the molecule is CSC1(CNC(=O)[C@H]2CCN[C@@H](C)C2)CCOCC1. The van der Waals surface area contributed by atoms with Crippen molar-refractivity contribution in [2.75, 3.05) is 32.6 Å². The number of nitrogens with one attached hydrogen (secondary N) is 2. The minimum absolute atomic E-state index is 0.187. The van der Waals surface area contributed by atoms with Crippen molar-refractivity contribution in [3.8, 4) is 0 Å². The lowest BCUT2D eigenvalue weighted by Crippen LogP contribution is -2.48. The van der Waals surface area contributed by atoms with Gasteiger partial charge in [-0.25, -0.2) is 0 Å². The molecule has 1 amide bonds. The van der Waals surface area contributed by atoms with Crippen molar-refractivity contribution >= 4 is 17.7 Å². The number of hydrogen-bond donors (Lipinski definition) is 2. The molecule has 0 aromatic carbocycles. The second-order valence-corrected chi connectivity index (χ2v) is 7.07. The summed E-state index contributed by atoms with van der Waals surface area (Å²) in [5, 5.41) is 6.58. The second kappa shape index (κ2) is 6.95. The maximum atomic E-state index is 12.3. The van der Waals surface area contributed by atoms with Crippen LogP contribution in [-0.4, -0.2) is 49.3 Å². The van der Waals surface area contributed by atoms with Crippen LogP contribution in [-0.2, 0) is 9.53 Å². The minimum atomic E-state index is 0.187. The van der Waals surface area contributed by atoms with Crippen LogP contribution in [0.25, 0.3) is 0 Å². The van der Waals surface area contributed by atoms with Gasteiger partial charge in [0.15, 0.2) is 0 Å². The topological polar surface area (TPSA) is 50.4 Å². The molecule has 4 nitrogen and oxygen atoms in total. The number of ether oxygens (including phenoxy) is 1. The number of carbonyl (C=O) groups excluding carboxylic acids is 1. The summed E-state index contributed by atoms with van der Waals surface area (Å²) in [4.78, 5) is 12.3. The summed E-state index contributed by atoms with van der Waals surface area (Å²) in [6, 6.07) is 0.460. The van der Waals surface area contributed by atoms with Gasteiger partial charge in [0.1, 0.15) is 0 Å². The first kappa shape index (κ1) is 15.1. The lowest BCUT2D eigenvalue weighted by atomic mass is 9.92. The van der Waals surface area contributed by atoms with Crippen LogP contribution in [0.5, 0.6) is 0 Å². The molecule has 0 bridgehead atoms. The molecule has 5 heteroatoms. The van der Waals surface area contributed by atoms with Gasteiger partial charge in [0.25, 0.3) is 0 Å². The summed E-state index contributed by atoms with van der Waals surface area (Å²) < 4.78 is 5.62. The van der Waals surface area contributed by atoms with Gasteiger partial charge in [-0.3, -0.25) is 4.79 Å². The molecule has 2 rings (SSSR count). The number of rotatable bonds is 4. The van der Waals surface area contributed by atoms with Crippen molar-refractivity contribution in [3.05, 3.63) is 0 Å². The van der Waals surface area contributed by atoms with Gasteiger partial charge in [-0.15, -0.1) is 0 Å². The lowest BCUT2D eigenvalue weighted by molar-refractivity contribution is -0.126. The lowest BCUT2D eigenvalue weighted by Gasteiger charge is -2.36. The first-order valence-corrected chi connectivity index (χ1v) is 8.52. The van der Waals surface area contributed by atoms with Crippen molar-refractivity contribution in [2.45, 2.75) is 43.4 Å². The first-order chi connectivity index (χ1) is 9.15. The van der Waals surface area contributed by atoms with Crippen LogP contribution >= 0.6 is 11.8 Å². The van der Waals surface area contributed by atoms with E-state index < -0.39 is 0 Å². The van der Waals surface area contributed by atoms with Crippen LogP contribution < -0.4 is 10.6 Å². The van der Waals surface area contributed by atoms with Crippen LogP contribution in [0.15, 0.2) is 0 Å². The molecule has 2 saturated heterocycles. The fraction of sp³-hybridized carbons (Fsp3) is 0.929. The van der Waals surface area contributed by atoms with Gasteiger partial charge in [-0.1, -0.05) is 0 Å². The van der Waals surface area contributed by atoms with Gasteiger partial charge in [0.2, 0.25) is 5.91 Å². The maximum Gasteiger partial charge on any atom is 0.223 e. The zero-order valence-electron chi connectivity index (χ0n) is 12.0.